The Hall–Kier alpha value is -2.41. The van der Waals surface area contributed by atoms with Gasteiger partial charge in [0.05, 0.1) is 18.2 Å². The van der Waals surface area contributed by atoms with E-state index in [0.717, 1.165) is 17.3 Å². The van der Waals surface area contributed by atoms with Crippen LogP contribution in [0.4, 0.5) is 10.1 Å². The van der Waals surface area contributed by atoms with Crippen molar-refractivity contribution in [2.24, 2.45) is 10.2 Å². The average Bonchev–Trinajstić information content (AvgIpc) is 3.19. The molecule has 2 aromatic rings. The lowest BCUT2D eigenvalue weighted by Crippen LogP contribution is -2.22. The third kappa shape index (κ3) is 3.43. The van der Waals surface area contributed by atoms with Gasteiger partial charge in [-0.3, -0.25) is 4.79 Å². The Balaban J connectivity index is 1.53. The summed E-state index contributed by atoms with van der Waals surface area (Å²) < 4.78 is 19.0. The number of carbonyl (C=O) groups excluding carboxylic acids is 1. The van der Waals surface area contributed by atoms with E-state index in [0.29, 0.717) is 22.9 Å². The van der Waals surface area contributed by atoms with E-state index < -0.39 is 11.4 Å². The van der Waals surface area contributed by atoms with Crippen LogP contribution in [0.2, 0.25) is 0 Å². The monoisotopic (exact) mass is 317 g/mol. The summed E-state index contributed by atoms with van der Waals surface area (Å²) >= 11 is 0.762. The molecule has 0 spiro atoms. The predicted octanol–water partition coefficient (Wildman–Crippen LogP) is 3.45. The van der Waals surface area contributed by atoms with Crippen molar-refractivity contribution in [2.45, 2.75) is 11.9 Å². The number of halogens is 1. The van der Waals surface area contributed by atoms with Crippen LogP contribution in [-0.2, 0) is 4.79 Å². The number of para-hydroxylation sites is 1. The second kappa shape index (κ2) is 6.57. The molecule has 0 fully saturated rings. The molecule has 1 aliphatic rings. The molecule has 1 atom stereocenters. The number of benzene rings is 1. The van der Waals surface area contributed by atoms with Gasteiger partial charge in [-0.15, -0.1) is 5.10 Å². The lowest BCUT2D eigenvalue weighted by atomic mass is 10.2. The first-order chi connectivity index (χ1) is 10.7. The van der Waals surface area contributed by atoms with Gasteiger partial charge in [0, 0.05) is 17.7 Å². The normalized spacial score (nSPS) is 15.1. The molecular formula is C15H12FN3O2S. The van der Waals surface area contributed by atoms with Gasteiger partial charge in [0.1, 0.15) is 5.04 Å². The van der Waals surface area contributed by atoms with Crippen LogP contribution in [0, 0.1) is 0 Å². The van der Waals surface area contributed by atoms with Crippen LogP contribution in [0.5, 0.6) is 0 Å². The van der Waals surface area contributed by atoms with Gasteiger partial charge < -0.3 is 9.73 Å². The first-order valence-electron chi connectivity index (χ1n) is 6.55. The summed E-state index contributed by atoms with van der Waals surface area (Å²) in [6, 6.07) is 10.5. The zero-order valence-electron chi connectivity index (χ0n) is 11.4. The van der Waals surface area contributed by atoms with Crippen LogP contribution >= 0.6 is 11.8 Å². The Bertz CT molecular complexity index is 714. The van der Waals surface area contributed by atoms with Crippen LogP contribution in [0.3, 0.4) is 0 Å². The van der Waals surface area contributed by atoms with E-state index in [1.807, 2.05) is 6.07 Å². The Labute approximate surface area is 130 Å². The summed E-state index contributed by atoms with van der Waals surface area (Å²) in [6.07, 6.45) is 3.48. The number of alkyl halides is 1. The molecular weight excluding hydrogens is 305 g/mol. The van der Waals surface area contributed by atoms with Crippen molar-refractivity contribution in [3.63, 3.8) is 0 Å². The van der Waals surface area contributed by atoms with Gasteiger partial charge in [0.15, 0.2) is 0 Å². The lowest BCUT2D eigenvalue weighted by molar-refractivity contribution is -0.118. The molecule has 112 valence electrons. The lowest BCUT2D eigenvalue weighted by Gasteiger charge is -2.08. The van der Waals surface area contributed by atoms with Crippen molar-refractivity contribution in [2.75, 3.05) is 5.32 Å². The summed E-state index contributed by atoms with van der Waals surface area (Å²) in [6.45, 7) is 0. The summed E-state index contributed by atoms with van der Waals surface area (Å²) in [5.41, 5.74) is 0.327. The third-order valence-corrected chi connectivity index (χ3v) is 3.86. The summed E-state index contributed by atoms with van der Waals surface area (Å²) in [5, 5.41) is 10.9. The highest BCUT2D eigenvalue weighted by Crippen LogP contribution is 2.24. The van der Waals surface area contributed by atoms with Crippen LogP contribution in [0.15, 0.2) is 63.5 Å². The maximum absolute atomic E-state index is 14.0. The van der Waals surface area contributed by atoms with Crippen molar-refractivity contribution in [1.82, 2.24) is 0 Å². The molecule has 1 amide bonds. The largest absolute Gasteiger partial charge is 0.472 e. The quantitative estimate of drug-likeness (QED) is 0.939. The molecule has 7 heteroatoms. The number of furan rings is 1. The maximum Gasteiger partial charge on any atom is 0.269 e. The molecule has 2 heterocycles. The molecule has 1 aromatic carbocycles. The number of amides is 1. The molecule has 0 bridgehead atoms. The number of hydrogen-bond acceptors (Lipinski definition) is 5. The highest BCUT2D eigenvalue weighted by atomic mass is 32.2. The minimum absolute atomic E-state index is 0.392. The van der Waals surface area contributed by atoms with Crippen molar-refractivity contribution < 1.29 is 13.6 Å². The molecule has 0 radical (unpaired) electrons. The van der Waals surface area contributed by atoms with Gasteiger partial charge in [0.25, 0.3) is 5.91 Å². The molecule has 1 unspecified atom stereocenters. The number of rotatable bonds is 4. The zero-order chi connectivity index (χ0) is 15.4. The number of carbonyl (C=O) groups is 1. The van der Waals surface area contributed by atoms with E-state index in [2.05, 4.69) is 15.5 Å². The smallest absolute Gasteiger partial charge is 0.269 e. The van der Waals surface area contributed by atoms with Crippen LogP contribution < -0.4 is 5.32 Å². The molecule has 3 rings (SSSR count). The van der Waals surface area contributed by atoms with Crippen molar-refractivity contribution in [3.8, 4) is 0 Å². The van der Waals surface area contributed by atoms with E-state index in [-0.39, 0.29) is 0 Å². The molecule has 1 aromatic heterocycles. The minimum atomic E-state index is -1.74. The average molecular weight is 317 g/mol. The predicted molar refractivity (Wildman–Crippen MR) is 84.9 cm³/mol. The molecule has 22 heavy (non-hydrogen) atoms. The highest BCUT2D eigenvalue weighted by Gasteiger charge is 2.24. The number of nitrogens with one attached hydrogen (secondary N) is 1. The summed E-state index contributed by atoms with van der Waals surface area (Å²) in [7, 11) is 0. The molecule has 1 N–H and O–H groups in total. The number of nitrogens with zero attached hydrogens (tertiary/aromatic N) is 2. The van der Waals surface area contributed by atoms with E-state index in [1.165, 1.54) is 6.26 Å². The third-order valence-electron chi connectivity index (χ3n) is 2.94. The topological polar surface area (TPSA) is 67.0 Å². The summed E-state index contributed by atoms with van der Waals surface area (Å²) in [5.74, 6) is -0.712. The first kappa shape index (κ1) is 14.5. The van der Waals surface area contributed by atoms with E-state index in [4.69, 9.17) is 4.42 Å². The maximum atomic E-state index is 14.0. The number of anilines is 1. The second-order valence-corrected chi connectivity index (χ2v) is 5.64. The molecule has 0 saturated heterocycles. The highest BCUT2D eigenvalue weighted by molar-refractivity contribution is 8.15. The molecule has 5 nitrogen and oxygen atoms in total. The van der Waals surface area contributed by atoms with Gasteiger partial charge in [-0.05, 0) is 18.2 Å². The zero-order valence-corrected chi connectivity index (χ0v) is 12.2. The number of thioether (sulfide) groups is 1. The first-order valence-corrected chi connectivity index (χ1v) is 7.43. The van der Waals surface area contributed by atoms with Gasteiger partial charge in [-0.25, -0.2) is 4.39 Å². The van der Waals surface area contributed by atoms with Crippen LogP contribution in [-0.4, -0.2) is 22.2 Å². The van der Waals surface area contributed by atoms with Crippen LogP contribution in [0.1, 0.15) is 12.0 Å². The van der Waals surface area contributed by atoms with E-state index >= 15 is 0 Å². The van der Waals surface area contributed by atoms with Crippen LogP contribution in [0.25, 0.3) is 0 Å². The SMILES string of the molecule is O=C(Nc1ccccc1)C(F)SC1=NN=C(c2ccoc2)C1. The standard InChI is InChI=1S/C15H12FN3O2S/c16-14(15(20)17-11-4-2-1-3-5-11)22-13-8-12(18-19-13)10-6-7-21-9-10/h1-7,9,14H,8H2,(H,17,20). The van der Waals surface area contributed by atoms with Gasteiger partial charge in [0.2, 0.25) is 5.50 Å². The fourth-order valence-electron chi connectivity index (χ4n) is 1.88. The van der Waals surface area contributed by atoms with Gasteiger partial charge >= 0.3 is 0 Å². The Kier molecular flexibility index (Phi) is 4.34. The Morgan fingerprint density at radius 2 is 2.09 bits per heavy atom. The van der Waals surface area contributed by atoms with Crippen molar-refractivity contribution in [1.29, 1.82) is 0 Å². The second-order valence-electron chi connectivity index (χ2n) is 4.52. The number of hydrogen-bond donors (Lipinski definition) is 1. The Morgan fingerprint density at radius 3 is 2.82 bits per heavy atom. The fourth-order valence-corrected chi connectivity index (χ4v) is 2.59. The Morgan fingerprint density at radius 1 is 1.27 bits per heavy atom. The summed E-state index contributed by atoms with van der Waals surface area (Å²) in [4.78, 5) is 11.8. The van der Waals surface area contributed by atoms with Gasteiger partial charge in [-0.1, -0.05) is 30.0 Å². The molecule has 0 aliphatic carbocycles. The molecule has 0 saturated carbocycles. The van der Waals surface area contributed by atoms with Gasteiger partial charge in [-0.2, -0.15) is 5.10 Å². The van der Waals surface area contributed by atoms with Crippen molar-refractivity contribution in [3.05, 3.63) is 54.5 Å². The fraction of sp³-hybridized carbons (Fsp3) is 0.133. The van der Waals surface area contributed by atoms with E-state index in [9.17, 15) is 9.18 Å². The van der Waals surface area contributed by atoms with E-state index in [1.54, 1.807) is 36.6 Å². The molecule has 1 aliphatic heterocycles. The van der Waals surface area contributed by atoms with Crippen molar-refractivity contribution >= 4 is 34.1 Å². The minimum Gasteiger partial charge on any atom is -0.472 e.